The van der Waals surface area contributed by atoms with Crippen molar-refractivity contribution in [2.75, 3.05) is 0 Å². The van der Waals surface area contributed by atoms with Crippen molar-refractivity contribution < 1.29 is 5.11 Å². The lowest BCUT2D eigenvalue weighted by Crippen LogP contribution is -2.21. The summed E-state index contributed by atoms with van der Waals surface area (Å²) in [5.41, 5.74) is 3.42. The highest BCUT2D eigenvalue weighted by Gasteiger charge is 2.28. The van der Waals surface area contributed by atoms with Gasteiger partial charge in [0.2, 0.25) is 0 Å². The topological polar surface area (TPSA) is 20.2 Å². The smallest absolute Gasteiger partial charge is 0.122 e. The van der Waals surface area contributed by atoms with Crippen molar-refractivity contribution in [2.45, 2.75) is 110 Å². The molecule has 0 aromatic heterocycles. The van der Waals surface area contributed by atoms with Gasteiger partial charge in [0.05, 0.1) is 0 Å². The number of hydrogen-bond donors (Lipinski definition) is 1. The van der Waals surface area contributed by atoms with E-state index in [1.165, 1.54) is 56.9 Å². The highest BCUT2D eigenvalue weighted by atomic mass is 16.3. The average molecular weight is 371 g/mol. The van der Waals surface area contributed by atoms with Gasteiger partial charge in [-0.15, -0.1) is 6.58 Å². The van der Waals surface area contributed by atoms with Crippen molar-refractivity contribution >= 4 is 0 Å². The van der Waals surface area contributed by atoms with Crippen LogP contribution < -0.4 is 0 Å². The number of aryl methyl sites for hydroxylation is 1. The number of aromatic hydroxyl groups is 1. The Morgan fingerprint density at radius 2 is 1.63 bits per heavy atom. The Labute approximate surface area is 168 Å². The molecule has 1 aromatic carbocycles. The number of hydrogen-bond acceptors (Lipinski definition) is 1. The summed E-state index contributed by atoms with van der Waals surface area (Å²) in [6.45, 7) is 15.2. The summed E-state index contributed by atoms with van der Waals surface area (Å²) in [4.78, 5) is 0. The van der Waals surface area contributed by atoms with Gasteiger partial charge in [0.25, 0.3) is 0 Å². The third-order valence-electron chi connectivity index (χ3n) is 6.90. The average Bonchev–Trinajstić information content (AvgIpc) is 2.60. The van der Waals surface area contributed by atoms with E-state index in [0.717, 1.165) is 29.9 Å². The van der Waals surface area contributed by atoms with E-state index in [0.29, 0.717) is 5.75 Å². The summed E-state index contributed by atoms with van der Waals surface area (Å²) in [7, 11) is 0. The second-order valence-electron chi connectivity index (χ2n) is 10.0. The van der Waals surface area contributed by atoms with Crippen LogP contribution in [0.2, 0.25) is 0 Å². The van der Waals surface area contributed by atoms with Crippen molar-refractivity contribution in [3.05, 3.63) is 41.5 Å². The van der Waals surface area contributed by atoms with Crippen molar-refractivity contribution in [1.29, 1.82) is 0 Å². The molecule has 1 aromatic rings. The summed E-state index contributed by atoms with van der Waals surface area (Å²) < 4.78 is 0. The normalized spacial score (nSPS) is 19.1. The maximum absolute atomic E-state index is 11.2. The molecule has 0 heterocycles. The van der Waals surface area contributed by atoms with Crippen molar-refractivity contribution in [1.82, 2.24) is 0 Å². The first-order valence-electron chi connectivity index (χ1n) is 11.2. The number of allylic oxidation sites excluding steroid dienone is 1. The molecule has 1 aliphatic carbocycles. The maximum atomic E-state index is 11.2. The Morgan fingerprint density at radius 1 is 1.04 bits per heavy atom. The minimum Gasteiger partial charge on any atom is -0.507 e. The summed E-state index contributed by atoms with van der Waals surface area (Å²) in [6.07, 6.45) is 14.9. The fourth-order valence-corrected chi connectivity index (χ4v) is 4.39. The standard InChI is InChI=1S/C26H42O/c1-7-26(6,8-2)23-19-22(25(3,4)5)18-21(24(23)27)17-16-20-14-12-10-9-11-13-15-20/h7,18-20,27H,1,8-17H2,2-6H3. The van der Waals surface area contributed by atoms with Gasteiger partial charge in [0.1, 0.15) is 5.75 Å². The Kier molecular flexibility index (Phi) is 7.60. The second kappa shape index (κ2) is 9.30. The summed E-state index contributed by atoms with van der Waals surface area (Å²) >= 11 is 0. The predicted octanol–water partition coefficient (Wildman–Crippen LogP) is 7.84. The molecule has 1 nitrogen and oxygen atoms in total. The largest absolute Gasteiger partial charge is 0.507 e. The maximum Gasteiger partial charge on any atom is 0.122 e. The van der Waals surface area contributed by atoms with Gasteiger partial charge in [0.15, 0.2) is 0 Å². The van der Waals surface area contributed by atoms with Crippen LogP contribution in [0.3, 0.4) is 0 Å². The van der Waals surface area contributed by atoms with E-state index in [1.54, 1.807) is 0 Å². The predicted molar refractivity (Wildman–Crippen MR) is 119 cm³/mol. The molecular formula is C26H42O. The molecule has 2 rings (SSSR count). The van der Waals surface area contributed by atoms with Gasteiger partial charge in [0, 0.05) is 11.0 Å². The molecule has 27 heavy (non-hydrogen) atoms. The van der Waals surface area contributed by atoms with Crippen LogP contribution in [0.25, 0.3) is 0 Å². The molecule has 0 radical (unpaired) electrons. The zero-order valence-corrected chi connectivity index (χ0v) is 18.5. The van der Waals surface area contributed by atoms with Crippen LogP contribution in [0.1, 0.15) is 109 Å². The molecule has 1 atom stereocenters. The molecule has 0 amide bonds. The van der Waals surface area contributed by atoms with Crippen LogP contribution in [-0.2, 0) is 17.3 Å². The van der Waals surface area contributed by atoms with Crippen molar-refractivity contribution in [3.63, 3.8) is 0 Å². The first-order chi connectivity index (χ1) is 12.7. The van der Waals surface area contributed by atoms with Gasteiger partial charge in [-0.25, -0.2) is 0 Å². The first-order valence-corrected chi connectivity index (χ1v) is 11.2. The minimum absolute atomic E-state index is 0.0766. The molecule has 0 aliphatic heterocycles. The van der Waals surface area contributed by atoms with Gasteiger partial charge in [-0.1, -0.05) is 97.8 Å². The molecule has 1 N–H and O–H groups in total. The highest BCUT2D eigenvalue weighted by Crippen LogP contribution is 2.41. The van der Waals surface area contributed by atoms with E-state index < -0.39 is 0 Å². The quantitative estimate of drug-likeness (QED) is 0.506. The van der Waals surface area contributed by atoms with E-state index in [4.69, 9.17) is 0 Å². The summed E-state index contributed by atoms with van der Waals surface area (Å²) in [5, 5.41) is 11.2. The van der Waals surface area contributed by atoms with Gasteiger partial charge in [-0.2, -0.15) is 0 Å². The third-order valence-corrected chi connectivity index (χ3v) is 6.90. The second-order valence-corrected chi connectivity index (χ2v) is 10.0. The fourth-order valence-electron chi connectivity index (χ4n) is 4.39. The Hall–Kier alpha value is -1.24. The lowest BCUT2D eigenvalue weighted by atomic mass is 9.75. The van der Waals surface area contributed by atoms with E-state index in [1.807, 2.05) is 6.08 Å². The zero-order chi connectivity index (χ0) is 20.1. The van der Waals surface area contributed by atoms with Crippen LogP contribution in [0.15, 0.2) is 24.8 Å². The van der Waals surface area contributed by atoms with Crippen LogP contribution in [0, 0.1) is 5.92 Å². The van der Waals surface area contributed by atoms with Gasteiger partial charge >= 0.3 is 0 Å². The first kappa shape index (κ1) is 22.1. The Bertz CT molecular complexity index is 614. The highest BCUT2D eigenvalue weighted by molar-refractivity contribution is 5.50. The van der Waals surface area contributed by atoms with E-state index >= 15 is 0 Å². The molecule has 1 fully saturated rings. The Balaban J connectivity index is 2.32. The molecule has 152 valence electrons. The lowest BCUT2D eigenvalue weighted by molar-refractivity contribution is 0.356. The Morgan fingerprint density at radius 3 is 2.15 bits per heavy atom. The minimum atomic E-state index is -0.180. The molecule has 1 heteroatoms. The molecule has 0 spiro atoms. The fraction of sp³-hybridized carbons (Fsp3) is 0.692. The van der Waals surface area contributed by atoms with E-state index in [2.05, 4.69) is 53.3 Å². The van der Waals surface area contributed by atoms with Gasteiger partial charge in [-0.05, 0) is 41.7 Å². The monoisotopic (exact) mass is 370 g/mol. The number of phenols is 1. The van der Waals surface area contributed by atoms with Crippen LogP contribution in [-0.4, -0.2) is 5.11 Å². The molecular weight excluding hydrogens is 328 g/mol. The van der Waals surface area contributed by atoms with E-state index in [9.17, 15) is 5.11 Å². The summed E-state index contributed by atoms with van der Waals surface area (Å²) in [5.74, 6) is 1.33. The molecule has 1 saturated carbocycles. The third kappa shape index (κ3) is 5.62. The SMILES string of the molecule is C=CC(C)(CC)c1cc(C(C)(C)C)cc(CCC2CCCCCCC2)c1O. The van der Waals surface area contributed by atoms with Crippen LogP contribution >= 0.6 is 0 Å². The van der Waals surface area contributed by atoms with E-state index in [-0.39, 0.29) is 10.8 Å². The zero-order valence-electron chi connectivity index (χ0n) is 18.5. The molecule has 0 bridgehead atoms. The molecule has 0 saturated heterocycles. The van der Waals surface area contributed by atoms with Crippen molar-refractivity contribution in [2.24, 2.45) is 5.92 Å². The van der Waals surface area contributed by atoms with Crippen LogP contribution in [0.5, 0.6) is 5.75 Å². The number of benzene rings is 1. The summed E-state index contributed by atoms with van der Waals surface area (Å²) in [6, 6.07) is 4.49. The van der Waals surface area contributed by atoms with Crippen molar-refractivity contribution in [3.8, 4) is 5.75 Å². The van der Waals surface area contributed by atoms with Crippen LogP contribution in [0.4, 0.5) is 0 Å². The lowest BCUT2D eigenvalue weighted by Gasteiger charge is -2.30. The van der Waals surface area contributed by atoms with Gasteiger partial charge in [-0.3, -0.25) is 0 Å². The number of phenolic OH excluding ortho intramolecular Hbond substituents is 1. The molecule has 1 aliphatic rings. The molecule has 1 unspecified atom stereocenters. The van der Waals surface area contributed by atoms with Gasteiger partial charge < -0.3 is 5.11 Å². The number of rotatable bonds is 6.